The summed E-state index contributed by atoms with van der Waals surface area (Å²) in [5.41, 5.74) is -1.20. The van der Waals surface area contributed by atoms with Crippen molar-refractivity contribution in [1.29, 1.82) is 0 Å². The summed E-state index contributed by atoms with van der Waals surface area (Å²) >= 11 is 0. The molecule has 0 saturated heterocycles. The fourth-order valence-corrected chi connectivity index (χ4v) is 2.24. The summed E-state index contributed by atoms with van der Waals surface area (Å²) in [6, 6.07) is 6.54. The molecule has 0 fully saturated rings. The Bertz CT molecular complexity index is 405. The van der Waals surface area contributed by atoms with E-state index in [0.29, 0.717) is 5.56 Å². The van der Waals surface area contributed by atoms with Crippen LogP contribution in [0.5, 0.6) is 0 Å². The van der Waals surface area contributed by atoms with E-state index in [9.17, 15) is 13.2 Å². The SMILES string of the molecule is CCNC1(C(F)(F)F)COCc2ccccc21. The molecule has 5 heteroatoms. The molecule has 1 aliphatic rings. The van der Waals surface area contributed by atoms with Crippen LogP contribution in [-0.4, -0.2) is 19.3 Å². The average molecular weight is 245 g/mol. The van der Waals surface area contributed by atoms with E-state index >= 15 is 0 Å². The van der Waals surface area contributed by atoms with Crippen LogP contribution in [0.15, 0.2) is 24.3 Å². The van der Waals surface area contributed by atoms with Crippen LogP contribution in [0.25, 0.3) is 0 Å². The van der Waals surface area contributed by atoms with Crippen LogP contribution in [-0.2, 0) is 16.9 Å². The van der Waals surface area contributed by atoms with Crippen molar-refractivity contribution in [2.24, 2.45) is 0 Å². The molecular formula is C12H14F3NO. The van der Waals surface area contributed by atoms with Gasteiger partial charge in [0.15, 0.2) is 5.54 Å². The van der Waals surface area contributed by atoms with Crippen LogP contribution in [0.3, 0.4) is 0 Å². The summed E-state index contributed by atoms with van der Waals surface area (Å²) in [5, 5.41) is 2.54. The molecule has 1 unspecified atom stereocenters. The van der Waals surface area contributed by atoms with E-state index in [0.717, 1.165) is 0 Å². The van der Waals surface area contributed by atoms with Gasteiger partial charge in [-0.3, -0.25) is 5.32 Å². The molecule has 0 spiro atoms. The fourth-order valence-electron chi connectivity index (χ4n) is 2.24. The first-order chi connectivity index (χ1) is 8.01. The number of rotatable bonds is 2. The number of alkyl halides is 3. The van der Waals surface area contributed by atoms with Gasteiger partial charge in [-0.2, -0.15) is 13.2 Å². The molecular weight excluding hydrogens is 231 g/mol. The summed E-state index contributed by atoms with van der Waals surface area (Å²) < 4.78 is 45.1. The number of hydrogen-bond acceptors (Lipinski definition) is 2. The first-order valence-corrected chi connectivity index (χ1v) is 5.49. The van der Waals surface area contributed by atoms with E-state index in [2.05, 4.69) is 5.32 Å². The summed E-state index contributed by atoms with van der Waals surface area (Å²) in [4.78, 5) is 0. The van der Waals surface area contributed by atoms with Gasteiger partial charge in [0, 0.05) is 0 Å². The molecule has 2 nitrogen and oxygen atoms in total. The third kappa shape index (κ3) is 1.93. The van der Waals surface area contributed by atoms with E-state index in [1.54, 1.807) is 25.1 Å². The zero-order valence-electron chi connectivity index (χ0n) is 9.47. The van der Waals surface area contributed by atoms with Gasteiger partial charge in [0.05, 0.1) is 13.2 Å². The maximum absolute atomic E-state index is 13.3. The molecule has 0 aliphatic carbocycles. The van der Waals surface area contributed by atoms with Gasteiger partial charge in [-0.1, -0.05) is 31.2 Å². The summed E-state index contributed by atoms with van der Waals surface area (Å²) in [6.45, 7) is 1.75. The third-order valence-electron chi connectivity index (χ3n) is 3.02. The Morgan fingerprint density at radius 3 is 2.71 bits per heavy atom. The van der Waals surface area contributed by atoms with Gasteiger partial charge in [-0.15, -0.1) is 0 Å². The van der Waals surface area contributed by atoms with Gasteiger partial charge in [-0.25, -0.2) is 0 Å². The lowest BCUT2D eigenvalue weighted by molar-refractivity contribution is -0.222. The number of halogens is 3. The van der Waals surface area contributed by atoms with Crippen LogP contribution < -0.4 is 5.32 Å². The maximum Gasteiger partial charge on any atom is 0.413 e. The second-order valence-electron chi connectivity index (χ2n) is 4.08. The van der Waals surface area contributed by atoms with Gasteiger partial charge < -0.3 is 4.74 Å². The highest BCUT2D eigenvalue weighted by atomic mass is 19.4. The van der Waals surface area contributed by atoms with Crippen molar-refractivity contribution in [3.05, 3.63) is 35.4 Å². The maximum atomic E-state index is 13.3. The molecule has 2 rings (SSSR count). The highest BCUT2D eigenvalue weighted by Gasteiger charge is 2.57. The minimum Gasteiger partial charge on any atom is -0.374 e. The molecule has 0 bridgehead atoms. The first-order valence-electron chi connectivity index (χ1n) is 5.49. The van der Waals surface area contributed by atoms with Crippen molar-refractivity contribution in [1.82, 2.24) is 5.32 Å². The van der Waals surface area contributed by atoms with E-state index in [1.807, 2.05) is 0 Å². The fraction of sp³-hybridized carbons (Fsp3) is 0.500. The summed E-state index contributed by atoms with van der Waals surface area (Å²) in [5.74, 6) is 0. The minimum absolute atomic E-state index is 0.233. The highest BCUT2D eigenvalue weighted by molar-refractivity contribution is 5.36. The lowest BCUT2D eigenvalue weighted by Gasteiger charge is -2.40. The second kappa shape index (κ2) is 4.31. The van der Waals surface area contributed by atoms with Crippen molar-refractivity contribution in [3.8, 4) is 0 Å². The Kier molecular flexibility index (Phi) is 3.14. The number of nitrogens with one attached hydrogen (secondary N) is 1. The smallest absolute Gasteiger partial charge is 0.374 e. The summed E-state index contributed by atoms with van der Waals surface area (Å²) in [7, 11) is 0. The molecule has 1 N–H and O–H groups in total. The van der Waals surface area contributed by atoms with E-state index in [-0.39, 0.29) is 25.3 Å². The Hall–Kier alpha value is -1.07. The Labute approximate surface area is 97.8 Å². The third-order valence-corrected chi connectivity index (χ3v) is 3.02. The van der Waals surface area contributed by atoms with Crippen LogP contribution in [0.1, 0.15) is 18.1 Å². The Morgan fingerprint density at radius 1 is 1.35 bits per heavy atom. The molecule has 1 heterocycles. The molecule has 94 valence electrons. The molecule has 1 aromatic rings. The van der Waals surface area contributed by atoms with E-state index in [4.69, 9.17) is 4.74 Å². The molecule has 0 aromatic heterocycles. The zero-order chi connectivity index (χ0) is 12.5. The van der Waals surface area contributed by atoms with Crippen molar-refractivity contribution in [3.63, 3.8) is 0 Å². The van der Waals surface area contributed by atoms with Gasteiger partial charge in [0.1, 0.15) is 0 Å². The zero-order valence-corrected chi connectivity index (χ0v) is 9.47. The number of likely N-dealkylation sites (N-methyl/N-ethyl adjacent to an activating group) is 1. The number of hydrogen-bond donors (Lipinski definition) is 1. The predicted molar refractivity (Wildman–Crippen MR) is 57.5 cm³/mol. The van der Waals surface area contributed by atoms with Gasteiger partial charge in [0.2, 0.25) is 0 Å². The topological polar surface area (TPSA) is 21.3 Å². The minimum atomic E-state index is -4.38. The number of ether oxygens (including phenoxy) is 1. The standard InChI is InChI=1S/C12H14F3NO/c1-2-16-11(12(13,14)15)8-17-7-9-5-3-4-6-10(9)11/h3-6,16H,2,7-8H2,1H3. The number of benzene rings is 1. The van der Waals surface area contributed by atoms with Gasteiger partial charge in [0.25, 0.3) is 0 Å². The molecule has 1 aromatic carbocycles. The molecule has 1 atom stereocenters. The Morgan fingerprint density at radius 2 is 2.06 bits per heavy atom. The van der Waals surface area contributed by atoms with Crippen LogP contribution >= 0.6 is 0 Å². The van der Waals surface area contributed by atoms with Crippen molar-refractivity contribution >= 4 is 0 Å². The van der Waals surface area contributed by atoms with Crippen molar-refractivity contribution in [2.45, 2.75) is 25.2 Å². The van der Waals surface area contributed by atoms with Crippen LogP contribution in [0.4, 0.5) is 13.2 Å². The van der Waals surface area contributed by atoms with Crippen LogP contribution in [0.2, 0.25) is 0 Å². The molecule has 17 heavy (non-hydrogen) atoms. The normalized spacial score (nSPS) is 24.5. The molecule has 0 amide bonds. The van der Waals surface area contributed by atoms with E-state index < -0.39 is 11.7 Å². The average Bonchev–Trinajstić information content (AvgIpc) is 2.28. The highest BCUT2D eigenvalue weighted by Crippen LogP contribution is 2.43. The quantitative estimate of drug-likeness (QED) is 0.864. The second-order valence-corrected chi connectivity index (χ2v) is 4.08. The van der Waals surface area contributed by atoms with Gasteiger partial charge >= 0.3 is 6.18 Å². The molecule has 0 saturated carbocycles. The summed E-state index contributed by atoms with van der Waals surface area (Å²) in [6.07, 6.45) is -4.38. The molecule has 0 radical (unpaired) electrons. The largest absolute Gasteiger partial charge is 0.413 e. The van der Waals surface area contributed by atoms with E-state index in [1.165, 1.54) is 6.07 Å². The molecule has 1 aliphatic heterocycles. The van der Waals surface area contributed by atoms with Gasteiger partial charge in [-0.05, 0) is 17.7 Å². The lowest BCUT2D eigenvalue weighted by Crippen LogP contribution is -2.58. The predicted octanol–water partition coefficient (Wildman–Crippen LogP) is 2.58. The lowest BCUT2D eigenvalue weighted by atomic mass is 9.84. The monoisotopic (exact) mass is 245 g/mol. The van der Waals surface area contributed by atoms with Crippen molar-refractivity contribution in [2.75, 3.05) is 13.2 Å². The Balaban J connectivity index is 2.55. The first kappa shape index (κ1) is 12.4. The number of fused-ring (bicyclic) bond motifs is 1. The van der Waals surface area contributed by atoms with Crippen molar-refractivity contribution < 1.29 is 17.9 Å². The van der Waals surface area contributed by atoms with Crippen LogP contribution in [0, 0.1) is 0 Å².